The van der Waals surface area contributed by atoms with Gasteiger partial charge in [0.1, 0.15) is 0 Å². The van der Waals surface area contributed by atoms with Gasteiger partial charge in [-0.3, -0.25) is 4.79 Å². The van der Waals surface area contributed by atoms with Crippen LogP contribution < -0.4 is 15.2 Å². The average molecular weight is 275 g/mol. The Bertz CT molecular complexity index is 479. The molecule has 1 unspecified atom stereocenters. The van der Waals surface area contributed by atoms with Crippen LogP contribution in [0.4, 0.5) is 8.78 Å². The third-order valence-corrected chi connectivity index (χ3v) is 2.64. The van der Waals surface area contributed by atoms with Crippen LogP contribution in [0.5, 0.6) is 11.5 Å². The van der Waals surface area contributed by atoms with Crippen molar-refractivity contribution in [3.8, 4) is 11.5 Å². The van der Waals surface area contributed by atoms with E-state index in [1.807, 2.05) is 0 Å². The Hall–Kier alpha value is -1.89. The zero-order valence-electron chi connectivity index (χ0n) is 10.6. The maximum atomic E-state index is 13.5. The van der Waals surface area contributed by atoms with Crippen LogP contribution in [0.25, 0.3) is 0 Å². The monoisotopic (exact) mass is 275 g/mol. The first kappa shape index (κ1) is 15.2. The quantitative estimate of drug-likeness (QED) is 0.828. The van der Waals surface area contributed by atoms with Crippen molar-refractivity contribution in [3.05, 3.63) is 23.3 Å². The minimum Gasteiger partial charge on any atom is -0.492 e. The van der Waals surface area contributed by atoms with Crippen molar-refractivity contribution in [1.82, 2.24) is 0 Å². The van der Waals surface area contributed by atoms with Gasteiger partial charge >= 0.3 is 5.97 Å². The van der Waals surface area contributed by atoms with Gasteiger partial charge in [-0.15, -0.1) is 0 Å². The second kappa shape index (κ2) is 6.33. The van der Waals surface area contributed by atoms with Crippen LogP contribution in [-0.4, -0.2) is 25.3 Å². The molecular weight excluding hydrogens is 260 g/mol. The van der Waals surface area contributed by atoms with Gasteiger partial charge in [0.05, 0.1) is 14.2 Å². The van der Waals surface area contributed by atoms with Crippen molar-refractivity contribution in [2.24, 2.45) is 5.73 Å². The molecule has 1 aromatic rings. The fourth-order valence-electron chi connectivity index (χ4n) is 1.71. The van der Waals surface area contributed by atoms with E-state index in [2.05, 4.69) is 0 Å². The Kier molecular flexibility index (Phi) is 5.05. The number of ether oxygens (including phenoxy) is 2. The van der Waals surface area contributed by atoms with Crippen LogP contribution in [0.15, 0.2) is 6.07 Å². The Morgan fingerprint density at radius 3 is 2.42 bits per heavy atom. The zero-order valence-corrected chi connectivity index (χ0v) is 10.6. The molecule has 1 atom stereocenters. The first-order valence-corrected chi connectivity index (χ1v) is 5.49. The summed E-state index contributed by atoms with van der Waals surface area (Å²) < 4.78 is 36.6. The van der Waals surface area contributed by atoms with Crippen molar-refractivity contribution in [2.75, 3.05) is 14.2 Å². The highest BCUT2D eigenvalue weighted by atomic mass is 19.2. The molecule has 0 aliphatic heterocycles. The van der Waals surface area contributed by atoms with Crippen LogP contribution in [-0.2, 0) is 4.79 Å². The summed E-state index contributed by atoms with van der Waals surface area (Å²) in [5, 5.41) is 8.59. The van der Waals surface area contributed by atoms with Crippen LogP contribution in [0.2, 0.25) is 0 Å². The Balaban J connectivity index is 3.18. The molecule has 0 aliphatic rings. The predicted octanol–water partition coefficient (Wildman–Crippen LogP) is 1.85. The molecule has 0 fully saturated rings. The van der Waals surface area contributed by atoms with Gasteiger partial charge in [0, 0.05) is 18.0 Å². The third kappa shape index (κ3) is 3.31. The molecule has 0 saturated carbocycles. The number of carboxylic acid groups (broad SMARTS) is 1. The number of nitrogens with two attached hydrogens (primary N) is 1. The number of halogens is 2. The summed E-state index contributed by atoms with van der Waals surface area (Å²) in [6.45, 7) is 0. The molecule has 1 aromatic carbocycles. The van der Waals surface area contributed by atoms with Crippen molar-refractivity contribution >= 4 is 5.97 Å². The number of methoxy groups -OCH3 is 2. The van der Waals surface area contributed by atoms with Gasteiger partial charge in [-0.05, 0) is 12.5 Å². The van der Waals surface area contributed by atoms with Gasteiger partial charge in [-0.25, -0.2) is 4.39 Å². The van der Waals surface area contributed by atoms with Crippen LogP contribution in [0.1, 0.15) is 24.4 Å². The fourth-order valence-corrected chi connectivity index (χ4v) is 1.71. The van der Waals surface area contributed by atoms with Gasteiger partial charge < -0.3 is 20.3 Å². The molecule has 106 valence electrons. The lowest BCUT2D eigenvalue weighted by molar-refractivity contribution is -0.137. The molecule has 0 heterocycles. The van der Waals surface area contributed by atoms with E-state index in [1.165, 1.54) is 14.2 Å². The second-order valence-electron chi connectivity index (χ2n) is 3.87. The highest BCUT2D eigenvalue weighted by Crippen LogP contribution is 2.38. The highest BCUT2D eigenvalue weighted by molar-refractivity contribution is 5.66. The average Bonchev–Trinajstić information content (AvgIpc) is 2.38. The maximum absolute atomic E-state index is 13.5. The number of carboxylic acids is 1. The summed E-state index contributed by atoms with van der Waals surface area (Å²) in [6.07, 6.45) is -0.119. The number of rotatable bonds is 6. The molecule has 19 heavy (non-hydrogen) atoms. The summed E-state index contributed by atoms with van der Waals surface area (Å²) >= 11 is 0. The highest BCUT2D eigenvalue weighted by Gasteiger charge is 2.23. The van der Waals surface area contributed by atoms with E-state index in [9.17, 15) is 13.6 Å². The number of hydrogen-bond acceptors (Lipinski definition) is 4. The first-order chi connectivity index (χ1) is 8.92. The van der Waals surface area contributed by atoms with Crippen LogP contribution in [0.3, 0.4) is 0 Å². The fraction of sp³-hybridized carbons (Fsp3) is 0.417. The van der Waals surface area contributed by atoms with Gasteiger partial charge in [0.15, 0.2) is 17.3 Å². The van der Waals surface area contributed by atoms with Gasteiger partial charge in [0.2, 0.25) is 5.82 Å². The minimum absolute atomic E-state index is 0.0284. The summed E-state index contributed by atoms with van der Waals surface area (Å²) in [4.78, 5) is 10.5. The van der Waals surface area contributed by atoms with Crippen molar-refractivity contribution < 1.29 is 28.2 Å². The molecule has 0 saturated heterocycles. The van der Waals surface area contributed by atoms with Gasteiger partial charge in [-0.2, -0.15) is 4.39 Å². The van der Waals surface area contributed by atoms with Crippen molar-refractivity contribution in [1.29, 1.82) is 0 Å². The van der Waals surface area contributed by atoms with E-state index in [0.29, 0.717) is 0 Å². The van der Waals surface area contributed by atoms with Gasteiger partial charge in [-0.1, -0.05) is 0 Å². The summed E-state index contributed by atoms with van der Waals surface area (Å²) in [6, 6.07) is 0.0958. The largest absolute Gasteiger partial charge is 0.492 e. The maximum Gasteiger partial charge on any atom is 0.303 e. The molecule has 7 heteroatoms. The number of hydrogen-bond donors (Lipinski definition) is 2. The summed E-state index contributed by atoms with van der Waals surface area (Å²) in [5.41, 5.74) is 5.94. The molecule has 0 aromatic heterocycles. The zero-order chi connectivity index (χ0) is 14.6. The molecule has 0 bridgehead atoms. The normalized spacial score (nSPS) is 12.1. The topological polar surface area (TPSA) is 81.8 Å². The number of benzene rings is 1. The number of aliphatic carboxylic acids is 1. The summed E-state index contributed by atoms with van der Waals surface area (Å²) in [5.74, 6) is -3.74. The van der Waals surface area contributed by atoms with Crippen LogP contribution in [0, 0.1) is 11.6 Å². The molecule has 0 spiro atoms. The third-order valence-electron chi connectivity index (χ3n) is 2.64. The molecule has 0 aliphatic carbocycles. The smallest absolute Gasteiger partial charge is 0.303 e. The standard InChI is InChI=1S/C12H15F2NO4/c1-18-11-6(8(15)3-4-9(16)17)5-7(13)10(14)12(11)19-2/h5,8H,3-4,15H2,1-2H3,(H,16,17). The van der Waals surface area contributed by atoms with Gasteiger partial charge in [0.25, 0.3) is 0 Å². The van der Waals surface area contributed by atoms with Crippen molar-refractivity contribution in [2.45, 2.75) is 18.9 Å². The predicted molar refractivity (Wildman–Crippen MR) is 63.3 cm³/mol. The Morgan fingerprint density at radius 1 is 1.37 bits per heavy atom. The molecule has 3 N–H and O–H groups in total. The van der Waals surface area contributed by atoms with E-state index in [4.69, 9.17) is 20.3 Å². The second-order valence-corrected chi connectivity index (χ2v) is 3.87. The Labute approximate surface area is 108 Å². The molecule has 1 rings (SSSR count). The van der Waals surface area contributed by atoms with E-state index in [1.54, 1.807) is 0 Å². The van der Waals surface area contributed by atoms with E-state index >= 15 is 0 Å². The van der Waals surface area contributed by atoms with E-state index in [0.717, 1.165) is 6.07 Å². The SMILES string of the molecule is COc1c(C(N)CCC(=O)O)cc(F)c(F)c1OC. The molecular formula is C12H15F2NO4. The van der Waals surface area contributed by atoms with Crippen molar-refractivity contribution in [3.63, 3.8) is 0 Å². The van der Waals surface area contributed by atoms with Crippen LogP contribution >= 0.6 is 0 Å². The van der Waals surface area contributed by atoms with E-state index in [-0.39, 0.29) is 29.9 Å². The minimum atomic E-state index is -1.17. The molecule has 0 amide bonds. The number of carbonyl (C=O) groups is 1. The summed E-state index contributed by atoms with van der Waals surface area (Å²) in [7, 11) is 2.44. The first-order valence-electron chi connectivity index (χ1n) is 5.49. The Morgan fingerprint density at radius 2 is 1.95 bits per heavy atom. The lowest BCUT2D eigenvalue weighted by atomic mass is 10.0. The molecule has 5 nitrogen and oxygen atoms in total. The lowest BCUT2D eigenvalue weighted by Gasteiger charge is -2.18. The molecule has 0 radical (unpaired) electrons. The van der Waals surface area contributed by atoms with E-state index < -0.39 is 23.6 Å². The lowest BCUT2D eigenvalue weighted by Crippen LogP contribution is -2.15.